The van der Waals surface area contributed by atoms with Crippen LogP contribution in [0.3, 0.4) is 0 Å². The molecule has 0 aliphatic carbocycles. The molecule has 486 valence electrons. The normalized spacial score (nSPS) is 12.3. The third-order valence-electron chi connectivity index (χ3n) is 16.8. The lowest BCUT2D eigenvalue weighted by atomic mass is 10.0. The molecular formula is C77H142O6. The lowest BCUT2D eigenvalue weighted by Gasteiger charge is -2.18. The van der Waals surface area contributed by atoms with E-state index < -0.39 is 6.10 Å². The summed E-state index contributed by atoms with van der Waals surface area (Å²) in [5, 5.41) is 0. The van der Waals surface area contributed by atoms with Crippen LogP contribution in [0, 0.1) is 0 Å². The lowest BCUT2D eigenvalue weighted by molar-refractivity contribution is -0.167. The van der Waals surface area contributed by atoms with Crippen molar-refractivity contribution < 1.29 is 28.6 Å². The molecule has 0 heterocycles. The van der Waals surface area contributed by atoms with Gasteiger partial charge in [-0.05, 0) is 77.0 Å². The molecule has 0 spiro atoms. The van der Waals surface area contributed by atoms with Gasteiger partial charge in [0.15, 0.2) is 6.10 Å². The molecule has 0 fully saturated rings. The number of unbranched alkanes of at least 4 members (excludes halogenated alkanes) is 50. The van der Waals surface area contributed by atoms with E-state index >= 15 is 0 Å². The van der Waals surface area contributed by atoms with Gasteiger partial charge in [0.25, 0.3) is 0 Å². The predicted octanol–water partition coefficient (Wildman–Crippen LogP) is 25.7. The van der Waals surface area contributed by atoms with Crippen molar-refractivity contribution in [1.29, 1.82) is 0 Å². The molecule has 83 heavy (non-hydrogen) atoms. The van der Waals surface area contributed by atoms with E-state index in [2.05, 4.69) is 69.4 Å². The molecule has 0 radical (unpaired) electrons. The van der Waals surface area contributed by atoms with Crippen LogP contribution in [0.4, 0.5) is 0 Å². The zero-order chi connectivity index (χ0) is 59.9. The van der Waals surface area contributed by atoms with Gasteiger partial charge in [0, 0.05) is 19.3 Å². The van der Waals surface area contributed by atoms with Gasteiger partial charge in [-0.1, -0.05) is 358 Å². The van der Waals surface area contributed by atoms with Gasteiger partial charge >= 0.3 is 17.9 Å². The van der Waals surface area contributed by atoms with E-state index in [0.29, 0.717) is 19.3 Å². The fourth-order valence-electron chi connectivity index (χ4n) is 11.3. The Kier molecular flexibility index (Phi) is 69.6. The van der Waals surface area contributed by atoms with Crippen LogP contribution in [0.1, 0.15) is 406 Å². The number of rotatable bonds is 69. The third kappa shape index (κ3) is 70.0. The maximum atomic E-state index is 12.9. The molecule has 0 aromatic rings. The minimum Gasteiger partial charge on any atom is -0.462 e. The minimum atomic E-state index is -0.780. The number of esters is 3. The van der Waals surface area contributed by atoms with Gasteiger partial charge in [0.2, 0.25) is 0 Å². The second-order valence-electron chi connectivity index (χ2n) is 25.2. The summed E-state index contributed by atoms with van der Waals surface area (Å²) in [7, 11) is 0. The van der Waals surface area contributed by atoms with E-state index in [4.69, 9.17) is 14.2 Å². The molecule has 1 unspecified atom stereocenters. The molecule has 0 bridgehead atoms. The Hall–Kier alpha value is -2.63. The summed E-state index contributed by atoms with van der Waals surface area (Å²) in [6.07, 6.45) is 91.6. The van der Waals surface area contributed by atoms with Crippen LogP contribution in [-0.4, -0.2) is 37.2 Å². The third-order valence-corrected chi connectivity index (χ3v) is 16.8. The highest BCUT2D eigenvalue weighted by Crippen LogP contribution is 2.19. The van der Waals surface area contributed by atoms with Crippen LogP contribution in [0.15, 0.2) is 48.6 Å². The van der Waals surface area contributed by atoms with Gasteiger partial charge in [-0.2, -0.15) is 0 Å². The van der Waals surface area contributed by atoms with Crippen LogP contribution in [-0.2, 0) is 28.6 Å². The number of hydrogen-bond acceptors (Lipinski definition) is 6. The van der Waals surface area contributed by atoms with Crippen LogP contribution >= 0.6 is 0 Å². The molecule has 0 aliphatic heterocycles. The number of allylic oxidation sites excluding steroid dienone is 8. The first-order chi connectivity index (χ1) is 41.0. The van der Waals surface area contributed by atoms with E-state index in [1.165, 1.54) is 283 Å². The van der Waals surface area contributed by atoms with Gasteiger partial charge < -0.3 is 14.2 Å². The Bertz CT molecular complexity index is 1430. The van der Waals surface area contributed by atoms with Gasteiger partial charge in [0.05, 0.1) is 0 Å². The van der Waals surface area contributed by atoms with Crippen molar-refractivity contribution in [3.05, 3.63) is 48.6 Å². The van der Waals surface area contributed by atoms with E-state index in [-0.39, 0.29) is 31.1 Å². The predicted molar refractivity (Wildman–Crippen MR) is 362 cm³/mol. The molecular weight excluding hydrogens is 1020 g/mol. The van der Waals surface area contributed by atoms with Crippen LogP contribution < -0.4 is 0 Å². The lowest BCUT2D eigenvalue weighted by Crippen LogP contribution is -2.30. The summed E-state index contributed by atoms with van der Waals surface area (Å²) in [5.74, 6) is -0.862. The molecule has 0 aliphatic rings. The Labute approximate surface area is 518 Å². The van der Waals surface area contributed by atoms with Gasteiger partial charge in [-0.15, -0.1) is 0 Å². The average molecular weight is 1160 g/mol. The summed E-state index contributed by atoms with van der Waals surface area (Å²) in [5.41, 5.74) is 0. The largest absolute Gasteiger partial charge is 0.462 e. The SMILES string of the molecule is CC/C=C\C/C=C\C/C=C\CCCCCCCCCC(=O)OC(COC(=O)CCCCCCCCC/C=C\CCCCCCCC)COC(=O)CCCCCCCCCCCCCCCCCCCCCCCCCCCCCCCCC. The van der Waals surface area contributed by atoms with Crippen molar-refractivity contribution in [3.63, 3.8) is 0 Å². The Morgan fingerprint density at radius 1 is 0.253 bits per heavy atom. The van der Waals surface area contributed by atoms with Crippen molar-refractivity contribution >= 4 is 17.9 Å². The summed E-state index contributed by atoms with van der Waals surface area (Å²) < 4.78 is 17.0. The second kappa shape index (κ2) is 71.8. The molecule has 0 rings (SSSR count). The summed E-state index contributed by atoms with van der Waals surface area (Å²) in [6.45, 7) is 6.59. The van der Waals surface area contributed by atoms with Crippen molar-refractivity contribution in [2.24, 2.45) is 0 Å². The number of carbonyl (C=O) groups excluding carboxylic acids is 3. The molecule has 0 saturated heterocycles. The molecule has 6 nitrogen and oxygen atoms in total. The number of ether oxygens (including phenoxy) is 3. The summed E-state index contributed by atoms with van der Waals surface area (Å²) in [6, 6.07) is 0. The van der Waals surface area contributed by atoms with E-state index in [9.17, 15) is 14.4 Å². The zero-order valence-corrected chi connectivity index (χ0v) is 56.0. The molecule has 0 amide bonds. The van der Waals surface area contributed by atoms with Crippen LogP contribution in [0.5, 0.6) is 0 Å². The second-order valence-corrected chi connectivity index (χ2v) is 25.2. The Morgan fingerprint density at radius 2 is 0.470 bits per heavy atom. The molecule has 0 saturated carbocycles. The number of carbonyl (C=O) groups is 3. The Balaban J connectivity index is 4.19. The molecule has 6 heteroatoms. The fraction of sp³-hybridized carbons (Fsp3) is 0.857. The van der Waals surface area contributed by atoms with Gasteiger partial charge in [-0.25, -0.2) is 0 Å². The minimum absolute atomic E-state index is 0.0745. The van der Waals surface area contributed by atoms with E-state index in [1.807, 2.05) is 0 Å². The number of hydrogen-bond donors (Lipinski definition) is 0. The van der Waals surface area contributed by atoms with Crippen molar-refractivity contribution in [2.75, 3.05) is 13.2 Å². The zero-order valence-electron chi connectivity index (χ0n) is 56.0. The highest BCUT2D eigenvalue weighted by Gasteiger charge is 2.19. The average Bonchev–Trinajstić information content (AvgIpc) is 3.50. The van der Waals surface area contributed by atoms with Crippen LogP contribution in [0.2, 0.25) is 0 Å². The van der Waals surface area contributed by atoms with Crippen LogP contribution in [0.25, 0.3) is 0 Å². The smallest absolute Gasteiger partial charge is 0.306 e. The maximum absolute atomic E-state index is 12.9. The first-order valence-corrected chi connectivity index (χ1v) is 37.1. The first kappa shape index (κ1) is 80.4. The fourth-order valence-corrected chi connectivity index (χ4v) is 11.3. The van der Waals surface area contributed by atoms with Crippen molar-refractivity contribution in [2.45, 2.75) is 412 Å². The highest BCUT2D eigenvalue weighted by molar-refractivity contribution is 5.71. The standard InChI is InChI=1S/C77H142O6/c1-4-7-10-13-16-19-22-25-28-31-32-33-34-35-36-37-38-39-40-41-42-43-44-47-49-52-55-58-61-64-67-70-76(79)82-73-74(83-77(80)71-68-65-62-59-56-53-50-46-30-27-24-21-18-15-12-9-6-3)72-81-75(78)69-66-63-60-57-54-51-48-45-29-26-23-20-17-14-11-8-5-2/h9,12,18,21,26-27,29-30,74H,4-8,10-11,13-17,19-20,22-25,28,31-73H2,1-3H3/b12-9-,21-18-,29-26-,30-27-. The van der Waals surface area contributed by atoms with Gasteiger partial charge in [0.1, 0.15) is 13.2 Å². The van der Waals surface area contributed by atoms with E-state index in [1.54, 1.807) is 0 Å². The van der Waals surface area contributed by atoms with Gasteiger partial charge in [-0.3, -0.25) is 14.4 Å². The highest BCUT2D eigenvalue weighted by atomic mass is 16.6. The monoisotopic (exact) mass is 1160 g/mol. The quantitative estimate of drug-likeness (QED) is 0.0261. The topological polar surface area (TPSA) is 78.9 Å². The maximum Gasteiger partial charge on any atom is 0.306 e. The molecule has 0 N–H and O–H groups in total. The Morgan fingerprint density at radius 3 is 0.747 bits per heavy atom. The molecule has 0 aromatic carbocycles. The first-order valence-electron chi connectivity index (χ1n) is 37.1. The van der Waals surface area contributed by atoms with Crippen molar-refractivity contribution in [1.82, 2.24) is 0 Å². The van der Waals surface area contributed by atoms with Crippen molar-refractivity contribution in [3.8, 4) is 0 Å². The molecule has 0 aromatic heterocycles. The molecule has 1 atom stereocenters. The summed E-state index contributed by atoms with van der Waals surface area (Å²) >= 11 is 0. The summed E-state index contributed by atoms with van der Waals surface area (Å²) in [4.78, 5) is 38.5. The van der Waals surface area contributed by atoms with E-state index in [0.717, 1.165) is 83.5 Å².